The van der Waals surface area contributed by atoms with Crippen molar-refractivity contribution in [3.05, 3.63) is 41.3 Å². The predicted octanol–water partition coefficient (Wildman–Crippen LogP) is 3.49. The van der Waals surface area contributed by atoms with Gasteiger partial charge in [0.15, 0.2) is 5.65 Å². The highest BCUT2D eigenvalue weighted by atomic mass is 35.5. The minimum Gasteiger partial charge on any atom is -0.477 e. The average molecular weight is 413 g/mol. The Morgan fingerprint density at radius 3 is 2.61 bits per heavy atom. The molecular formula is C17H16ClF3N6O. The van der Waals surface area contributed by atoms with Crippen LogP contribution in [-0.4, -0.2) is 44.5 Å². The number of rotatable bonds is 4. The molecule has 0 aliphatic carbocycles. The number of halogens is 4. The number of anilines is 1. The molecule has 3 aromatic heterocycles. The molecule has 148 valence electrons. The molecule has 1 saturated heterocycles. The summed E-state index contributed by atoms with van der Waals surface area (Å²) < 4.78 is 45.5. The molecule has 0 radical (unpaired) electrons. The highest BCUT2D eigenvalue weighted by Gasteiger charge is 2.37. The molecule has 3 aromatic rings. The van der Waals surface area contributed by atoms with Gasteiger partial charge in [0.25, 0.3) is 5.82 Å². The number of hydrogen-bond acceptors (Lipinski definition) is 6. The Morgan fingerprint density at radius 1 is 1.11 bits per heavy atom. The quantitative estimate of drug-likeness (QED) is 0.611. The Hall–Kier alpha value is -2.62. The van der Waals surface area contributed by atoms with Crippen molar-refractivity contribution in [1.29, 1.82) is 0 Å². The van der Waals surface area contributed by atoms with E-state index in [0.717, 1.165) is 17.4 Å². The second-order valence-corrected chi connectivity index (χ2v) is 6.91. The van der Waals surface area contributed by atoms with Crippen LogP contribution in [0, 0.1) is 5.92 Å². The molecule has 1 aliphatic heterocycles. The van der Waals surface area contributed by atoms with Crippen molar-refractivity contribution in [2.45, 2.75) is 19.0 Å². The first-order valence-electron chi connectivity index (χ1n) is 8.70. The minimum absolute atomic E-state index is 0.0633. The highest BCUT2D eigenvalue weighted by molar-refractivity contribution is 6.29. The van der Waals surface area contributed by atoms with Crippen molar-refractivity contribution in [3.63, 3.8) is 0 Å². The Bertz CT molecular complexity index is 971. The van der Waals surface area contributed by atoms with Crippen molar-refractivity contribution < 1.29 is 17.9 Å². The maximum atomic E-state index is 13.0. The first-order valence-corrected chi connectivity index (χ1v) is 9.08. The van der Waals surface area contributed by atoms with Gasteiger partial charge in [-0.1, -0.05) is 17.7 Å². The van der Waals surface area contributed by atoms with Crippen LogP contribution in [0.5, 0.6) is 5.88 Å². The van der Waals surface area contributed by atoms with Gasteiger partial charge in [0, 0.05) is 19.2 Å². The third kappa shape index (κ3) is 3.96. The molecule has 4 heterocycles. The van der Waals surface area contributed by atoms with Crippen LogP contribution in [0.15, 0.2) is 30.3 Å². The van der Waals surface area contributed by atoms with Crippen LogP contribution in [0.2, 0.25) is 5.15 Å². The summed E-state index contributed by atoms with van der Waals surface area (Å²) in [6, 6.07) is 8.35. The van der Waals surface area contributed by atoms with Crippen molar-refractivity contribution >= 4 is 23.1 Å². The molecule has 0 bridgehead atoms. The van der Waals surface area contributed by atoms with Gasteiger partial charge in [-0.05, 0) is 37.0 Å². The van der Waals surface area contributed by atoms with Gasteiger partial charge < -0.3 is 9.64 Å². The molecular weight excluding hydrogens is 397 g/mol. The van der Waals surface area contributed by atoms with Crippen molar-refractivity contribution in [3.8, 4) is 5.88 Å². The lowest BCUT2D eigenvalue weighted by molar-refractivity contribution is -0.146. The number of ether oxygens (including phenoxy) is 1. The van der Waals surface area contributed by atoms with Gasteiger partial charge in [0.05, 0.1) is 6.61 Å². The summed E-state index contributed by atoms with van der Waals surface area (Å²) in [5.74, 6) is 0.145. The molecule has 0 spiro atoms. The van der Waals surface area contributed by atoms with E-state index in [1.807, 2.05) is 4.90 Å². The smallest absolute Gasteiger partial charge is 0.453 e. The van der Waals surface area contributed by atoms with Crippen LogP contribution in [0.4, 0.5) is 19.0 Å². The lowest BCUT2D eigenvalue weighted by Crippen LogP contribution is -2.36. The summed E-state index contributed by atoms with van der Waals surface area (Å²) in [5, 5.41) is 11.2. The summed E-state index contributed by atoms with van der Waals surface area (Å²) in [6.07, 6.45) is -2.95. The molecule has 0 N–H and O–H groups in total. The predicted molar refractivity (Wildman–Crippen MR) is 95.5 cm³/mol. The van der Waals surface area contributed by atoms with Crippen LogP contribution in [0.3, 0.4) is 0 Å². The number of pyridine rings is 1. The minimum atomic E-state index is -4.61. The zero-order chi connectivity index (χ0) is 19.7. The van der Waals surface area contributed by atoms with E-state index in [0.29, 0.717) is 42.5 Å². The van der Waals surface area contributed by atoms with Crippen molar-refractivity contribution in [1.82, 2.24) is 24.8 Å². The number of hydrogen-bond donors (Lipinski definition) is 0. The van der Waals surface area contributed by atoms with E-state index in [2.05, 4.69) is 20.3 Å². The number of alkyl halides is 3. The lowest BCUT2D eigenvalue weighted by atomic mass is 9.98. The van der Waals surface area contributed by atoms with Gasteiger partial charge in [-0.25, -0.2) is 4.98 Å². The Kier molecular flexibility index (Phi) is 4.96. The fraction of sp³-hybridized carbons (Fsp3) is 0.412. The van der Waals surface area contributed by atoms with Gasteiger partial charge >= 0.3 is 6.18 Å². The van der Waals surface area contributed by atoms with E-state index in [9.17, 15) is 13.2 Å². The topological polar surface area (TPSA) is 68.4 Å². The molecule has 0 atom stereocenters. The molecule has 0 unspecified atom stereocenters. The van der Waals surface area contributed by atoms with Gasteiger partial charge in [0.2, 0.25) is 5.88 Å². The number of nitrogens with zero attached hydrogens (tertiary/aromatic N) is 6. The maximum absolute atomic E-state index is 13.0. The Labute approximate surface area is 163 Å². The standard InChI is InChI=1S/C17H16ClF3N6O/c18-12-2-1-3-15(22-12)28-10-11-6-8-26(9-7-11)14-5-4-13-23-24-16(17(19,20)21)27(13)25-14/h1-5,11H,6-10H2. The Morgan fingerprint density at radius 2 is 1.89 bits per heavy atom. The largest absolute Gasteiger partial charge is 0.477 e. The summed E-state index contributed by atoms with van der Waals surface area (Å²) in [5.41, 5.74) is 0.0633. The number of fused-ring (bicyclic) bond motifs is 1. The van der Waals surface area contributed by atoms with Crippen LogP contribution >= 0.6 is 11.6 Å². The van der Waals surface area contributed by atoms with Gasteiger partial charge in [-0.3, -0.25) is 0 Å². The van der Waals surface area contributed by atoms with Gasteiger partial charge in [-0.15, -0.1) is 15.3 Å². The normalized spacial score (nSPS) is 15.9. The first-order chi connectivity index (χ1) is 13.4. The van der Waals surface area contributed by atoms with Crippen LogP contribution < -0.4 is 9.64 Å². The SMILES string of the molecule is FC(F)(F)c1nnc2ccc(N3CCC(COc4cccc(Cl)n4)CC3)nn12. The molecule has 7 nitrogen and oxygen atoms in total. The van der Waals surface area contributed by atoms with E-state index in [4.69, 9.17) is 16.3 Å². The molecule has 0 aromatic carbocycles. The Balaban J connectivity index is 1.39. The van der Waals surface area contributed by atoms with E-state index in [1.165, 1.54) is 6.07 Å². The molecule has 1 fully saturated rings. The fourth-order valence-corrected chi connectivity index (χ4v) is 3.28. The number of aromatic nitrogens is 5. The van der Waals surface area contributed by atoms with Crippen molar-refractivity contribution in [2.75, 3.05) is 24.6 Å². The molecule has 0 amide bonds. The fourth-order valence-electron chi connectivity index (χ4n) is 3.13. The van der Waals surface area contributed by atoms with E-state index in [-0.39, 0.29) is 5.65 Å². The zero-order valence-corrected chi connectivity index (χ0v) is 15.4. The highest BCUT2D eigenvalue weighted by Crippen LogP contribution is 2.28. The lowest BCUT2D eigenvalue weighted by Gasteiger charge is -2.32. The molecule has 11 heteroatoms. The van der Waals surface area contributed by atoms with E-state index in [1.54, 1.807) is 24.3 Å². The van der Waals surface area contributed by atoms with Crippen molar-refractivity contribution in [2.24, 2.45) is 5.92 Å². The summed E-state index contributed by atoms with van der Waals surface area (Å²) in [7, 11) is 0. The molecule has 28 heavy (non-hydrogen) atoms. The van der Waals surface area contributed by atoms with Crippen LogP contribution in [0.1, 0.15) is 18.7 Å². The van der Waals surface area contributed by atoms with E-state index >= 15 is 0 Å². The zero-order valence-electron chi connectivity index (χ0n) is 14.6. The third-order valence-corrected chi connectivity index (χ3v) is 4.81. The summed E-state index contributed by atoms with van der Waals surface area (Å²) in [6.45, 7) is 1.84. The average Bonchev–Trinajstić information content (AvgIpc) is 3.10. The van der Waals surface area contributed by atoms with Crippen LogP contribution in [-0.2, 0) is 6.18 Å². The molecule has 0 saturated carbocycles. The third-order valence-electron chi connectivity index (χ3n) is 4.60. The second-order valence-electron chi connectivity index (χ2n) is 6.52. The summed E-state index contributed by atoms with van der Waals surface area (Å²) in [4.78, 5) is 6.04. The first kappa shape index (κ1) is 18.7. The molecule has 1 aliphatic rings. The second kappa shape index (κ2) is 7.42. The molecule has 4 rings (SSSR count). The monoisotopic (exact) mass is 412 g/mol. The summed E-state index contributed by atoms with van der Waals surface area (Å²) >= 11 is 5.84. The van der Waals surface area contributed by atoms with Gasteiger partial charge in [0.1, 0.15) is 11.0 Å². The van der Waals surface area contributed by atoms with Crippen LogP contribution in [0.25, 0.3) is 5.65 Å². The number of piperidine rings is 1. The maximum Gasteiger partial charge on any atom is 0.453 e. The van der Waals surface area contributed by atoms with E-state index < -0.39 is 12.0 Å². The van der Waals surface area contributed by atoms with Gasteiger partial charge in [-0.2, -0.15) is 17.7 Å².